The first-order chi connectivity index (χ1) is 7.25. The van der Waals surface area contributed by atoms with Crippen LogP contribution >= 0.6 is 0 Å². The third-order valence-electron chi connectivity index (χ3n) is 2.42. The molecule has 1 aliphatic rings. The molecule has 4 nitrogen and oxygen atoms in total. The van der Waals surface area contributed by atoms with Crippen molar-refractivity contribution in [1.29, 1.82) is 0 Å². The largest absolute Gasteiger partial charge is 0.465 e. The predicted molar refractivity (Wildman–Crippen MR) is 54.8 cm³/mol. The Balaban J connectivity index is 1.97. The average molecular weight is 207 g/mol. The van der Waals surface area contributed by atoms with Crippen LogP contribution in [0.4, 0.5) is 4.79 Å². The van der Waals surface area contributed by atoms with Gasteiger partial charge in [-0.15, -0.1) is 0 Å². The van der Waals surface area contributed by atoms with Crippen LogP contribution in [0.3, 0.4) is 0 Å². The molecule has 2 N–H and O–H groups in total. The summed E-state index contributed by atoms with van der Waals surface area (Å²) in [5.74, 6) is 0. The number of epoxide rings is 1. The van der Waals surface area contributed by atoms with Crippen molar-refractivity contribution in [3.8, 4) is 0 Å². The molecule has 1 aromatic rings. The Morgan fingerprint density at radius 2 is 2.20 bits per heavy atom. The summed E-state index contributed by atoms with van der Waals surface area (Å²) in [6, 6.07) is 9.67. The maximum Gasteiger partial charge on any atom is 0.404 e. The van der Waals surface area contributed by atoms with Crippen molar-refractivity contribution in [3.63, 3.8) is 0 Å². The monoisotopic (exact) mass is 207 g/mol. The topological polar surface area (TPSA) is 61.9 Å². The molecule has 0 radical (unpaired) electrons. The fourth-order valence-corrected chi connectivity index (χ4v) is 1.59. The lowest BCUT2D eigenvalue weighted by Gasteiger charge is -2.14. The number of carboxylic acid groups (broad SMARTS) is 1. The van der Waals surface area contributed by atoms with E-state index in [2.05, 4.69) is 5.32 Å². The maximum absolute atomic E-state index is 10.6. The third kappa shape index (κ3) is 2.95. The van der Waals surface area contributed by atoms with Gasteiger partial charge in [0.05, 0.1) is 12.6 Å². The van der Waals surface area contributed by atoms with Crippen molar-refractivity contribution < 1.29 is 14.6 Å². The first-order valence-electron chi connectivity index (χ1n) is 4.90. The highest BCUT2D eigenvalue weighted by molar-refractivity contribution is 5.65. The fourth-order valence-electron chi connectivity index (χ4n) is 1.59. The van der Waals surface area contributed by atoms with E-state index in [4.69, 9.17) is 9.84 Å². The zero-order chi connectivity index (χ0) is 10.7. The van der Waals surface area contributed by atoms with Crippen molar-refractivity contribution in [3.05, 3.63) is 35.9 Å². The van der Waals surface area contributed by atoms with Crippen molar-refractivity contribution in [2.45, 2.75) is 18.6 Å². The van der Waals surface area contributed by atoms with Crippen LogP contribution in [0.1, 0.15) is 5.56 Å². The van der Waals surface area contributed by atoms with Crippen molar-refractivity contribution >= 4 is 6.09 Å². The van der Waals surface area contributed by atoms with Gasteiger partial charge in [0.1, 0.15) is 6.10 Å². The highest BCUT2D eigenvalue weighted by atomic mass is 16.6. The van der Waals surface area contributed by atoms with Crippen LogP contribution in [0, 0.1) is 0 Å². The second-order valence-electron chi connectivity index (χ2n) is 3.62. The molecule has 1 saturated heterocycles. The molecule has 1 aliphatic heterocycles. The van der Waals surface area contributed by atoms with Gasteiger partial charge in [-0.2, -0.15) is 0 Å². The van der Waals surface area contributed by atoms with Gasteiger partial charge in [-0.05, 0) is 12.0 Å². The van der Waals surface area contributed by atoms with E-state index in [1.54, 1.807) is 0 Å². The maximum atomic E-state index is 10.6. The van der Waals surface area contributed by atoms with Gasteiger partial charge in [0.2, 0.25) is 0 Å². The van der Waals surface area contributed by atoms with Crippen LogP contribution in [-0.2, 0) is 11.2 Å². The number of nitrogens with one attached hydrogen (secondary N) is 1. The Bertz CT molecular complexity index is 335. The van der Waals surface area contributed by atoms with Gasteiger partial charge in [-0.1, -0.05) is 30.3 Å². The Morgan fingerprint density at radius 3 is 2.73 bits per heavy atom. The summed E-state index contributed by atoms with van der Waals surface area (Å²) in [6.07, 6.45) is -0.273. The quantitative estimate of drug-likeness (QED) is 0.731. The summed E-state index contributed by atoms with van der Waals surface area (Å²) in [5.41, 5.74) is 1.12. The molecule has 1 aromatic carbocycles. The summed E-state index contributed by atoms with van der Waals surface area (Å²) in [7, 11) is 0. The lowest BCUT2D eigenvalue weighted by atomic mass is 10.0. The Hall–Kier alpha value is -1.55. The van der Waals surface area contributed by atoms with E-state index in [0.717, 1.165) is 5.56 Å². The molecular weight excluding hydrogens is 194 g/mol. The van der Waals surface area contributed by atoms with E-state index in [0.29, 0.717) is 13.0 Å². The minimum absolute atomic E-state index is 0.0429. The van der Waals surface area contributed by atoms with Crippen LogP contribution in [-0.4, -0.2) is 30.0 Å². The van der Waals surface area contributed by atoms with E-state index >= 15 is 0 Å². The molecule has 0 aromatic heterocycles. The molecule has 4 heteroatoms. The molecule has 1 unspecified atom stereocenters. The number of ether oxygens (including phenoxy) is 1. The summed E-state index contributed by atoms with van der Waals surface area (Å²) in [5, 5.41) is 11.2. The molecule has 2 rings (SSSR count). The Labute approximate surface area is 87.9 Å². The van der Waals surface area contributed by atoms with Crippen molar-refractivity contribution in [1.82, 2.24) is 5.32 Å². The van der Waals surface area contributed by atoms with E-state index in [9.17, 15) is 4.79 Å². The van der Waals surface area contributed by atoms with E-state index in [-0.39, 0.29) is 12.1 Å². The minimum atomic E-state index is -0.994. The zero-order valence-corrected chi connectivity index (χ0v) is 8.22. The molecule has 0 bridgehead atoms. The highest BCUT2D eigenvalue weighted by Gasteiger charge is 2.33. The van der Waals surface area contributed by atoms with Crippen molar-refractivity contribution in [2.75, 3.05) is 6.61 Å². The molecule has 15 heavy (non-hydrogen) atoms. The van der Waals surface area contributed by atoms with Crippen molar-refractivity contribution in [2.24, 2.45) is 0 Å². The molecule has 2 atom stereocenters. The summed E-state index contributed by atoms with van der Waals surface area (Å²) in [6.45, 7) is 0.651. The molecule has 0 saturated carbocycles. The number of carbonyl (C=O) groups is 1. The first kappa shape index (κ1) is 9.98. The lowest BCUT2D eigenvalue weighted by Crippen LogP contribution is -2.39. The van der Waals surface area contributed by atoms with Gasteiger partial charge < -0.3 is 15.2 Å². The minimum Gasteiger partial charge on any atom is -0.465 e. The second-order valence-corrected chi connectivity index (χ2v) is 3.62. The number of hydrogen-bond acceptors (Lipinski definition) is 2. The second kappa shape index (κ2) is 4.31. The summed E-state index contributed by atoms with van der Waals surface area (Å²) >= 11 is 0. The van der Waals surface area contributed by atoms with Gasteiger partial charge >= 0.3 is 6.09 Å². The highest BCUT2D eigenvalue weighted by Crippen LogP contribution is 2.17. The average Bonchev–Trinajstić information content (AvgIpc) is 3.01. The fraction of sp³-hybridized carbons (Fsp3) is 0.364. The van der Waals surface area contributed by atoms with Gasteiger partial charge in [0, 0.05) is 0 Å². The molecular formula is C11H13NO3. The number of hydrogen-bond donors (Lipinski definition) is 2. The molecule has 0 aliphatic carbocycles. The van der Waals surface area contributed by atoms with E-state index < -0.39 is 6.09 Å². The number of rotatable bonds is 4. The van der Waals surface area contributed by atoms with Crippen LogP contribution in [0.15, 0.2) is 30.3 Å². The van der Waals surface area contributed by atoms with Gasteiger partial charge in [0.15, 0.2) is 0 Å². The SMILES string of the molecule is O=C(O)N[C@@H](Cc1ccccc1)C1CO1. The summed E-state index contributed by atoms with van der Waals surface area (Å²) in [4.78, 5) is 10.6. The van der Waals surface area contributed by atoms with Gasteiger partial charge in [-0.25, -0.2) is 4.79 Å². The zero-order valence-electron chi connectivity index (χ0n) is 8.22. The third-order valence-corrected chi connectivity index (χ3v) is 2.42. The smallest absolute Gasteiger partial charge is 0.404 e. The summed E-state index contributed by atoms with van der Waals surface area (Å²) < 4.78 is 5.12. The Kier molecular flexibility index (Phi) is 2.87. The standard InChI is InChI=1S/C11H13NO3/c13-11(14)12-9(10-7-15-10)6-8-4-2-1-3-5-8/h1-5,9-10,12H,6-7H2,(H,13,14)/t9-,10?/m0/s1. The van der Waals surface area contributed by atoms with Crippen LogP contribution in [0.2, 0.25) is 0 Å². The molecule has 80 valence electrons. The predicted octanol–water partition coefficient (Wildman–Crippen LogP) is 1.26. The first-order valence-corrected chi connectivity index (χ1v) is 4.90. The molecule has 1 fully saturated rings. The molecule has 1 amide bonds. The molecule has 1 heterocycles. The van der Waals surface area contributed by atoms with Gasteiger partial charge in [0.25, 0.3) is 0 Å². The van der Waals surface area contributed by atoms with Gasteiger partial charge in [-0.3, -0.25) is 0 Å². The van der Waals surface area contributed by atoms with Crippen LogP contribution in [0.25, 0.3) is 0 Å². The van der Waals surface area contributed by atoms with E-state index in [1.807, 2.05) is 30.3 Å². The number of amides is 1. The van der Waals surface area contributed by atoms with Crippen LogP contribution < -0.4 is 5.32 Å². The van der Waals surface area contributed by atoms with Crippen LogP contribution in [0.5, 0.6) is 0 Å². The molecule has 0 spiro atoms. The Morgan fingerprint density at radius 1 is 1.53 bits per heavy atom. The number of benzene rings is 1. The lowest BCUT2D eigenvalue weighted by molar-refractivity contribution is 0.186. The normalized spacial score (nSPS) is 20.7. The van der Waals surface area contributed by atoms with E-state index in [1.165, 1.54) is 0 Å².